The van der Waals surface area contributed by atoms with Gasteiger partial charge in [0.1, 0.15) is 5.75 Å². The molecule has 5 nitrogen and oxygen atoms in total. The van der Waals surface area contributed by atoms with Gasteiger partial charge in [0.05, 0.1) is 22.7 Å². The largest absolute Gasteiger partial charge is 0.512 e. The average Bonchev–Trinajstić information content (AvgIpc) is 3.05. The highest BCUT2D eigenvalue weighted by molar-refractivity contribution is 6.35. The van der Waals surface area contributed by atoms with Crippen molar-refractivity contribution >= 4 is 40.3 Å². The number of rotatable bonds is 7. The van der Waals surface area contributed by atoms with Gasteiger partial charge in [-0.3, -0.25) is 0 Å². The fourth-order valence-electron chi connectivity index (χ4n) is 3.80. The van der Waals surface area contributed by atoms with Crippen molar-refractivity contribution in [2.45, 2.75) is 19.9 Å². The van der Waals surface area contributed by atoms with Gasteiger partial charge in [0, 0.05) is 17.0 Å². The second kappa shape index (κ2) is 9.55. The molecular weight excluding hydrogens is 449 g/mol. The summed E-state index contributed by atoms with van der Waals surface area (Å²) in [6.07, 6.45) is -0.742. The molecule has 32 heavy (non-hydrogen) atoms. The minimum Gasteiger partial charge on any atom is -0.492 e. The lowest BCUT2D eigenvalue weighted by atomic mass is 10.00. The lowest BCUT2D eigenvalue weighted by molar-refractivity contribution is 0.141. The first kappa shape index (κ1) is 22.1. The van der Waals surface area contributed by atoms with Crippen LogP contribution in [0.2, 0.25) is 10.0 Å². The molecule has 0 unspecified atom stereocenters. The summed E-state index contributed by atoms with van der Waals surface area (Å²) in [5, 5.41) is 11.4. The molecule has 7 heteroatoms. The van der Waals surface area contributed by atoms with E-state index in [2.05, 4.69) is 0 Å². The van der Waals surface area contributed by atoms with Crippen LogP contribution < -0.4 is 9.47 Å². The summed E-state index contributed by atoms with van der Waals surface area (Å²) in [5.74, 6) is 0.855. The Morgan fingerprint density at radius 1 is 1.03 bits per heavy atom. The summed E-state index contributed by atoms with van der Waals surface area (Å²) in [6, 6.07) is 20.7. The summed E-state index contributed by atoms with van der Waals surface area (Å²) in [7, 11) is 0. The van der Waals surface area contributed by atoms with Gasteiger partial charge in [-0.1, -0.05) is 65.7 Å². The van der Waals surface area contributed by atoms with E-state index in [0.717, 1.165) is 27.6 Å². The molecule has 0 radical (unpaired) electrons. The second-order valence-corrected chi connectivity index (χ2v) is 8.15. The van der Waals surface area contributed by atoms with Crippen molar-refractivity contribution in [2.75, 3.05) is 6.61 Å². The SMILES string of the molecule is Cc1ccccc1-c1c(OC(=O)O)n(CCCOc2ccc(Cl)cc2Cl)c2ccccc12. The number of aryl methyl sites for hydroxylation is 2. The van der Waals surface area contributed by atoms with E-state index < -0.39 is 6.16 Å². The number of hydrogen-bond donors (Lipinski definition) is 1. The molecule has 0 aliphatic carbocycles. The van der Waals surface area contributed by atoms with Crippen LogP contribution >= 0.6 is 23.2 Å². The smallest absolute Gasteiger partial charge is 0.492 e. The molecule has 1 heterocycles. The second-order valence-electron chi connectivity index (χ2n) is 7.31. The van der Waals surface area contributed by atoms with Crippen molar-refractivity contribution < 1.29 is 19.4 Å². The molecule has 0 aliphatic rings. The van der Waals surface area contributed by atoms with Gasteiger partial charge in [-0.15, -0.1) is 0 Å². The van der Waals surface area contributed by atoms with Crippen LogP contribution in [0.5, 0.6) is 11.6 Å². The number of carbonyl (C=O) groups is 1. The Morgan fingerprint density at radius 2 is 1.78 bits per heavy atom. The zero-order valence-electron chi connectivity index (χ0n) is 17.3. The van der Waals surface area contributed by atoms with E-state index in [4.69, 9.17) is 32.7 Å². The van der Waals surface area contributed by atoms with Gasteiger partial charge in [-0.2, -0.15) is 0 Å². The van der Waals surface area contributed by atoms with Gasteiger partial charge in [0.15, 0.2) is 0 Å². The Morgan fingerprint density at radius 3 is 2.53 bits per heavy atom. The summed E-state index contributed by atoms with van der Waals surface area (Å²) in [4.78, 5) is 11.6. The molecular formula is C25H21Cl2NO4. The van der Waals surface area contributed by atoms with Crippen LogP contribution in [0.1, 0.15) is 12.0 Å². The third-order valence-corrected chi connectivity index (χ3v) is 5.73. The van der Waals surface area contributed by atoms with Gasteiger partial charge in [0.25, 0.3) is 0 Å². The normalized spacial score (nSPS) is 11.0. The molecule has 0 aliphatic heterocycles. The van der Waals surface area contributed by atoms with Crippen molar-refractivity contribution in [2.24, 2.45) is 0 Å². The predicted octanol–water partition coefficient (Wildman–Crippen LogP) is 7.45. The molecule has 1 aromatic heterocycles. The quantitative estimate of drug-likeness (QED) is 0.225. The van der Waals surface area contributed by atoms with E-state index >= 15 is 0 Å². The molecule has 164 valence electrons. The van der Waals surface area contributed by atoms with Crippen LogP contribution in [-0.2, 0) is 6.54 Å². The predicted molar refractivity (Wildman–Crippen MR) is 127 cm³/mol. The number of nitrogens with zero attached hydrogens (tertiary/aromatic N) is 1. The molecule has 0 atom stereocenters. The fraction of sp³-hybridized carbons (Fsp3) is 0.160. The fourth-order valence-corrected chi connectivity index (χ4v) is 4.26. The van der Waals surface area contributed by atoms with Crippen molar-refractivity contribution in [3.05, 3.63) is 82.3 Å². The monoisotopic (exact) mass is 469 g/mol. The Kier molecular flexibility index (Phi) is 6.58. The third kappa shape index (κ3) is 4.54. The van der Waals surface area contributed by atoms with Gasteiger partial charge in [-0.05, 0) is 48.7 Å². The Labute approximate surface area is 195 Å². The number of ether oxygens (including phenoxy) is 2. The highest BCUT2D eigenvalue weighted by atomic mass is 35.5. The van der Waals surface area contributed by atoms with Crippen LogP contribution in [0.4, 0.5) is 4.79 Å². The Bertz CT molecular complexity index is 1280. The van der Waals surface area contributed by atoms with Crippen molar-refractivity contribution in [3.63, 3.8) is 0 Å². The zero-order valence-corrected chi connectivity index (χ0v) is 18.9. The van der Waals surface area contributed by atoms with E-state index in [1.807, 2.05) is 60.0 Å². The molecule has 0 spiro atoms. The zero-order chi connectivity index (χ0) is 22.7. The molecule has 0 bridgehead atoms. The highest BCUT2D eigenvalue weighted by Crippen LogP contribution is 2.41. The number of hydrogen-bond acceptors (Lipinski definition) is 3. The minimum atomic E-state index is -1.35. The first-order valence-electron chi connectivity index (χ1n) is 10.1. The van der Waals surface area contributed by atoms with Crippen LogP contribution in [-0.4, -0.2) is 22.4 Å². The van der Waals surface area contributed by atoms with Crippen molar-refractivity contribution in [1.29, 1.82) is 0 Å². The molecule has 4 aromatic rings. The maximum absolute atomic E-state index is 11.6. The summed E-state index contributed by atoms with van der Waals surface area (Å²) in [6.45, 7) is 2.88. The maximum atomic E-state index is 11.6. The number of carboxylic acid groups (broad SMARTS) is 1. The van der Waals surface area contributed by atoms with E-state index in [1.54, 1.807) is 18.2 Å². The number of benzene rings is 3. The highest BCUT2D eigenvalue weighted by Gasteiger charge is 2.22. The number of halogens is 2. The van der Waals surface area contributed by atoms with E-state index in [-0.39, 0.29) is 0 Å². The molecule has 3 aromatic carbocycles. The summed E-state index contributed by atoms with van der Waals surface area (Å²) in [5.41, 5.74) is 3.63. The van der Waals surface area contributed by atoms with Crippen LogP contribution in [0.3, 0.4) is 0 Å². The van der Waals surface area contributed by atoms with Crippen LogP contribution in [0.25, 0.3) is 22.0 Å². The number of aromatic nitrogens is 1. The number of fused-ring (bicyclic) bond motifs is 1. The van der Waals surface area contributed by atoms with Crippen LogP contribution in [0, 0.1) is 6.92 Å². The summed E-state index contributed by atoms with van der Waals surface area (Å²) >= 11 is 12.1. The lowest BCUT2D eigenvalue weighted by Gasteiger charge is -2.13. The standard InChI is InChI=1S/C25H21Cl2NO4/c1-16-7-2-3-8-18(16)23-19-9-4-5-10-21(19)28(24(23)32-25(29)30)13-6-14-31-22-12-11-17(26)15-20(22)27/h2-5,7-12,15H,6,13-14H2,1H3,(H,29,30). The van der Waals surface area contributed by atoms with Gasteiger partial charge >= 0.3 is 6.16 Å². The molecule has 0 fully saturated rings. The van der Waals surface area contributed by atoms with E-state index in [1.165, 1.54) is 0 Å². The average molecular weight is 470 g/mol. The Balaban J connectivity index is 1.67. The number of para-hydroxylation sites is 1. The van der Waals surface area contributed by atoms with Gasteiger partial charge in [-0.25, -0.2) is 4.79 Å². The van der Waals surface area contributed by atoms with Crippen LogP contribution in [0.15, 0.2) is 66.7 Å². The van der Waals surface area contributed by atoms with Gasteiger partial charge < -0.3 is 19.1 Å². The minimum absolute atomic E-state index is 0.303. The molecule has 4 rings (SSSR count). The molecule has 1 N–H and O–H groups in total. The third-order valence-electron chi connectivity index (χ3n) is 5.20. The molecule has 0 saturated carbocycles. The van der Waals surface area contributed by atoms with E-state index in [0.29, 0.717) is 41.2 Å². The topological polar surface area (TPSA) is 60.7 Å². The maximum Gasteiger partial charge on any atom is 0.512 e. The van der Waals surface area contributed by atoms with Crippen molar-refractivity contribution in [1.82, 2.24) is 4.57 Å². The first-order valence-corrected chi connectivity index (χ1v) is 10.9. The lowest BCUT2D eigenvalue weighted by Crippen LogP contribution is -2.11. The Hall–Kier alpha value is -3.15. The first-order chi connectivity index (χ1) is 15.5. The molecule has 0 saturated heterocycles. The molecule has 0 amide bonds. The summed E-state index contributed by atoms with van der Waals surface area (Å²) < 4.78 is 13.0. The van der Waals surface area contributed by atoms with E-state index in [9.17, 15) is 9.90 Å². The van der Waals surface area contributed by atoms with Gasteiger partial charge in [0.2, 0.25) is 5.88 Å². The van der Waals surface area contributed by atoms with Crippen molar-refractivity contribution in [3.8, 4) is 22.8 Å².